The molecule has 120 valence electrons. The van der Waals surface area contributed by atoms with Crippen LogP contribution in [0, 0.1) is 0 Å². The highest BCUT2D eigenvalue weighted by Crippen LogP contribution is 2.23. The number of carbonyl (C=O) groups is 2. The van der Waals surface area contributed by atoms with Crippen molar-refractivity contribution in [3.8, 4) is 0 Å². The van der Waals surface area contributed by atoms with Crippen LogP contribution in [0.4, 0.5) is 0 Å². The molecule has 0 heterocycles. The van der Waals surface area contributed by atoms with Gasteiger partial charge in [-0.25, -0.2) is 0 Å². The number of carbonyl (C=O) groups excluding carboxylic acids is 1. The van der Waals surface area contributed by atoms with Gasteiger partial charge in [0.2, 0.25) is 5.91 Å². The van der Waals surface area contributed by atoms with E-state index in [-0.39, 0.29) is 12.5 Å². The zero-order valence-electron chi connectivity index (χ0n) is 12.9. The van der Waals surface area contributed by atoms with Crippen LogP contribution in [-0.2, 0) is 9.59 Å². The van der Waals surface area contributed by atoms with E-state index >= 15 is 0 Å². The van der Waals surface area contributed by atoms with Gasteiger partial charge in [0.1, 0.15) is 0 Å². The molecule has 0 bridgehead atoms. The van der Waals surface area contributed by atoms with Gasteiger partial charge in [0.05, 0.1) is 6.54 Å². The Morgan fingerprint density at radius 2 is 1.62 bits per heavy atom. The summed E-state index contributed by atoms with van der Waals surface area (Å²) < 4.78 is 0. The molecule has 0 aromatic carbocycles. The van der Waals surface area contributed by atoms with Crippen LogP contribution in [-0.4, -0.2) is 47.1 Å². The maximum Gasteiger partial charge on any atom is 0.317 e. The summed E-state index contributed by atoms with van der Waals surface area (Å²) in [6.45, 7) is 0.622. The predicted octanol–water partition coefficient (Wildman–Crippen LogP) is 2.15. The smallest absolute Gasteiger partial charge is 0.317 e. The predicted molar refractivity (Wildman–Crippen MR) is 81.1 cm³/mol. The maximum atomic E-state index is 12.0. The van der Waals surface area contributed by atoms with Gasteiger partial charge >= 0.3 is 5.97 Å². The lowest BCUT2D eigenvalue weighted by atomic mass is 9.95. The molecule has 0 atom stereocenters. The normalized spacial score (nSPS) is 20.8. The number of rotatable bonds is 7. The van der Waals surface area contributed by atoms with Crippen LogP contribution >= 0.6 is 0 Å². The van der Waals surface area contributed by atoms with E-state index in [9.17, 15) is 9.59 Å². The molecule has 0 saturated heterocycles. The van der Waals surface area contributed by atoms with E-state index in [1.807, 2.05) is 4.90 Å². The van der Waals surface area contributed by atoms with Gasteiger partial charge in [-0.3, -0.25) is 14.5 Å². The SMILES string of the molecule is O=C(O)CN(CCC(=O)NC1CCCCC1)C1CCCC1. The summed E-state index contributed by atoms with van der Waals surface area (Å²) in [7, 11) is 0. The average Bonchev–Trinajstić information content (AvgIpc) is 2.98. The number of nitrogens with one attached hydrogen (secondary N) is 1. The van der Waals surface area contributed by atoms with Gasteiger partial charge in [-0.1, -0.05) is 32.1 Å². The molecule has 0 radical (unpaired) electrons. The van der Waals surface area contributed by atoms with Crippen molar-refractivity contribution in [2.24, 2.45) is 0 Å². The molecule has 1 amide bonds. The molecule has 5 nitrogen and oxygen atoms in total. The molecule has 21 heavy (non-hydrogen) atoms. The van der Waals surface area contributed by atoms with Gasteiger partial charge in [-0.2, -0.15) is 0 Å². The van der Waals surface area contributed by atoms with Gasteiger partial charge in [0, 0.05) is 25.0 Å². The third kappa shape index (κ3) is 5.65. The molecule has 0 aliphatic heterocycles. The molecule has 5 heteroatoms. The number of amides is 1. The Balaban J connectivity index is 1.74. The van der Waals surface area contributed by atoms with Gasteiger partial charge in [-0.15, -0.1) is 0 Å². The monoisotopic (exact) mass is 296 g/mol. The zero-order chi connectivity index (χ0) is 15.1. The van der Waals surface area contributed by atoms with Gasteiger partial charge < -0.3 is 10.4 Å². The second kappa shape index (κ2) is 8.37. The minimum atomic E-state index is -0.797. The highest BCUT2D eigenvalue weighted by Gasteiger charge is 2.25. The Morgan fingerprint density at radius 1 is 1.00 bits per heavy atom. The Hall–Kier alpha value is -1.10. The highest BCUT2D eigenvalue weighted by molar-refractivity contribution is 5.76. The summed E-state index contributed by atoms with van der Waals surface area (Å²) in [6.07, 6.45) is 10.8. The zero-order valence-corrected chi connectivity index (χ0v) is 12.9. The topological polar surface area (TPSA) is 69.6 Å². The second-order valence-electron chi connectivity index (χ2n) is 6.45. The Labute approximate surface area is 127 Å². The standard InChI is InChI=1S/C16H28N2O3/c19-15(17-13-6-2-1-3-7-13)10-11-18(12-16(20)21)14-8-4-5-9-14/h13-14H,1-12H2,(H,17,19)(H,20,21). The number of aliphatic carboxylic acids is 1. The van der Waals surface area contributed by atoms with E-state index in [1.165, 1.54) is 32.1 Å². The van der Waals surface area contributed by atoms with Crippen LogP contribution in [0.1, 0.15) is 64.2 Å². The quantitative estimate of drug-likeness (QED) is 0.755. The first-order valence-electron chi connectivity index (χ1n) is 8.40. The Morgan fingerprint density at radius 3 is 2.24 bits per heavy atom. The fourth-order valence-electron chi connectivity index (χ4n) is 3.63. The van der Waals surface area contributed by atoms with Crippen molar-refractivity contribution in [3.05, 3.63) is 0 Å². The second-order valence-corrected chi connectivity index (χ2v) is 6.45. The van der Waals surface area contributed by atoms with Gasteiger partial charge in [0.15, 0.2) is 0 Å². The lowest BCUT2D eigenvalue weighted by Crippen LogP contribution is -2.42. The Kier molecular flexibility index (Phi) is 6.49. The number of hydrogen-bond acceptors (Lipinski definition) is 3. The van der Waals surface area contributed by atoms with Crippen molar-refractivity contribution in [3.63, 3.8) is 0 Å². The first-order chi connectivity index (χ1) is 10.1. The van der Waals surface area contributed by atoms with Crippen molar-refractivity contribution in [1.82, 2.24) is 10.2 Å². The molecule has 0 aromatic heterocycles. The summed E-state index contributed by atoms with van der Waals surface area (Å²) in [6, 6.07) is 0.689. The minimum Gasteiger partial charge on any atom is -0.480 e. The van der Waals surface area contributed by atoms with E-state index in [0.29, 0.717) is 25.0 Å². The summed E-state index contributed by atoms with van der Waals surface area (Å²) in [5, 5.41) is 12.1. The number of carboxylic acid groups (broad SMARTS) is 1. The van der Waals surface area contributed by atoms with Crippen LogP contribution in [0.2, 0.25) is 0 Å². The number of hydrogen-bond donors (Lipinski definition) is 2. The third-order valence-electron chi connectivity index (χ3n) is 4.78. The van der Waals surface area contributed by atoms with Crippen LogP contribution in [0.3, 0.4) is 0 Å². The van der Waals surface area contributed by atoms with Crippen LogP contribution in [0.15, 0.2) is 0 Å². The van der Waals surface area contributed by atoms with E-state index < -0.39 is 5.97 Å². The molecule has 2 N–H and O–H groups in total. The molecule has 0 aromatic rings. The van der Waals surface area contributed by atoms with Gasteiger partial charge in [-0.05, 0) is 25.7 Å². The van der Waals surface area contributed by atoms with Crippen LogP contribution in [0.25, 0.3) is 0 Å². The van der Waals surface area contributed by atoms with Crippen molar-refractivity contribution in [2.45, 2.75) is 76.3 Å². The third-order valence-corrected chi connectivity index (χ3v) is 4.78. The summed E-state index contributed by atoms with van der Waals surface area (Å²) in [5.41, 5.74) is 0. The number of carboxylic acids is 1. The first-order valence-corrected chi connectivity index (χ1v) is 8.40. The fraction of sp³-hybridized carbons (Fsp3) is 0.875. The molecular formula is C16H28N2O3. The van der Waals surface area contributed by atoms with E-state index in [0.717, 1.165) is 25.7 Å². The molecular weight excluding hydrogens is 268 g/mol. The average molecular weight is 296 g/mol. The molecule has 2 saturated carbocycles. The molecule has 2 aliphatic carbocycles. The van der Waals surface area contributed by atoms with E-state index in [2.05, 4.69) is 5.32 Å². The summed E-state index contributed by atoms with van der Waals surface area (Å²) in [5.74, 6) is -0.718. The fourth-order valence-corrected chi connectivity index (χ4v) is 3.63. The lowest BCUT2D eigenvalue weighted by Gasteiger charge is -2.27. The van der Waals surface area contributed by atoms with Crippen molar-refractivity contribution in [2.75, 3.05) is 13.1 Å². The van der Waals surface area contributed by atoms with E-state index in [4.69, 9.17) is 5.11 Å². The number of nitrogens with zero attached hydrogens (tertiary/aromatic N) is 1. The molecule has 0 spiro atoms. The summed E-state index contributed by atoms with van der Waals surface area (Å²) in [4.78, 5) is 25.0. The largest absolute Gasteiger partial charge is 0.480 e. The molecule has 2 fully saturated rings. The Bertz CT molecular complexity index is 347. The lowest BCUT2D eigenvalue weighted by molar-refractivity contribution is -0.139. The van der Waals surface area contributed by atoms with Crippen molar-refractivity contribution in [1.29, 1.82) is 0 Å². The first kappa shape index (κ1) is 16.3. The highest BCUT2D eigenvalue weighted by atomic mass is 16.4. The molecule has 2 aliphatic rings. The maximum absolute atomic E-state index is 12.0. The van der Waals surface area contributed by atoms with Crippen LogP contribution < -0.4 is 5.32 Å². The van der Waals surface area contributed by atoms with Crippen LogP contribution in [0.5, 0.6) is 0 Å². The molecule has 0 unspecified atom stereocenters. The summed E-state index contributed by atoms with van der Waals surface area (Å²) >= 11 is 0. The minimum absolute atomic E-state index is 0.0569. The van der Waals surface area contributed by atoms with E-state index in [1.54, 1.807) is 0 Å². The molecule has 2 rings (SSSR count). The van der Waals surface area contributed by atoms with Crippen molar-refractivity contribution >= 4 is 11.9 Å². The van der Waals surface area contributed by atoms with Gasteiger partial charge in [0.25, 0.3) is 0 Å². The van der Waals surface area contributed by atoms with Crippen molar-refractivity contribution < 1.29 is 14.7 Å².